The summed E-state index contributed by atoms with van der Waals surface area (Å²) in [5.41, 5.74) is 1.88. The smallest absolute Gasteiger partial charge is 0.220 e. The summed E-state index contributed by atoms with van der Waals surface area (Å²) in [7, 11) is 0. The lowest BCUT2D eigenvalue weighted by atomic mass is 10.1. The quantitative estimate of drug-likeness (QED) is 0.853. The second-order valence-corrected chi connectivity index (χ2v) is 5.80. The molecule has 1 aromatic heterocycles. The predicted octanol–water partition coefficient (Wildman–Crippen LogP) is 3.24. The highest BCUT2D eigenvalue weighted by Gasteiger charge is 2.05. The number of halogens is 1. The molecule has 0 bridgehead atoms. The van der Waals surface area contributed by atoms with Crippen molar-refractivity contribution in [2.24, 2.45) is 5.92 Å². The summed E-state index contributed by atoms with van der Waals surface area (Å²) < 4.78 is 14.7. The van der Waals surface area contributed by atoms with E-state index in [0.717, 1.165) is 24.1 Å². The Kier molecular flexibility index (Phi) is 5.69. The monoisotopic (exact) mass is 303 g/mol. The van der Waals surface area contributed by atoms with Gasteiger partial charge in [-0.15, -0.1) is 0 Å². The molecule has 2 rings (SSSR count). The van der Waals surface area contributed by atoms with E-state index in [9.17, 15) is 9.18 Å². The van der Waals surface area contributed by atoms with Gasteiger partial charge in [-0.3, -0.25) is 9.48 Å². The fraction of sp³-hybridized carbons (Fsp3) is 0.412. The van der Waals surface area contributed by atoms with Gasteiger partial charge < -0.3 is 5.32 Å². The van der Waals surface area contributed by atoms with Crippen LogP contribution in [0.4, 0.5) is 4.39 Å². The number of hydrogen-bond donors (Lipinski definition) is 1. The summed E-state index contributed by atoms with van der Waals surface area (Å²) in [4.78, 5) is 11.6. The van der Waals surface area contributed by atoms with Gasteiger partial charge in [0, 0.05) is 31.3 Å². The topological polar surface area (TPSA) is 46.9 Å². The van der Waals surface area contributed by atoms with E-state index in [1.54, 1.807) is 18.3 Å². The fourth-order valence-corrected chi connectivity index (χ4v) is 2.09. The van der Waals surface area contributed by atoms with Crippen LogP contribution in [0.1, 0.15) is 26.7 Å². The van der Waals surface area contributed by atoms with Crippen LogP contribution in [0.2, 0.25) is 0 Å². The van der Waals surface area contributed by atoms with E-state index in [0.29, 0.717) is 18.9 Å². The number of aromatic nitrogens is 2. The molecule has 0 saturated carbocycles. The van der Waals surface area contributed by atoms with Crippen LogP contribution in [0.3, 0.4) is 0 Å². The zero-order chi connectivity index (χ0) is 15.9. The molecule has 0 aliphatic carbocycles. The molecule has 1 aromatic carbocycles. The summed E-state index contributed by atoms with van der Waals surface area (Å²) >= 11 is 0. The molecule has 1 amide bonds. The molecule has 118 valence electrons. The Bertz CT molecular complexity index is 605. The van der Waals surface area contributed by atoms with Gasteiger partial charge >= 0.3 is 0 Å². The molecule has 1 N–H and O–H groups in total. The molecule has 5 heteroatoms. The normalized spacial score (nSPS) is 10.9. The van der Waals surface area contributed by atoms with Crippen molar-refractivity contribution in [1.29, 1.82) is 0 Å². The maximum absolute atomic E-state index is 12.9. The van der Waals surface area contributed by atoms with Crippen molar-refractivity contribution in [3.05, 3.63) is 42.5 Å². The van der Waals surface area contributed by atoms with Gasteiger partial charge in [0.2, 0.25) is 5.91 Å². The Morgan fingerprint density at radius 1 is 1.27 bits per heavy atom. The molecule has 22 heavy (non-hydrogen) atoms. The van der Waals surface area contributed by atoms with Crippen LogP contribution in [0.15, 0.2) is 36.7 Å². The molecule has 2 aromatic rings. The van der Waals surface area contributed by atoms with E-state index in [2.05, 4.69) is 24.3 Å². The van der Waals surface area contributed by atoms with Crippen LogP contribution in [-0.2, 0) is 11.3 Å². The maximum atomic E-state index is 12.9. The number of nitrogens with zero attached hydrogens (tertiary/aromatic N) is 2. The lowest BCUT2D eigenvalue weighted by Gasteiger charge is -2.07. The Balaban J connectivity index is 1.80. The summed E-state index contributed by atoms with van der Waals surface area (Å²) in [6.45, 7) is 5.55. The van der Waals surface area contributed by atoms with E-state index in [4.69, 9.17) is 0 Å². The highest BCUT2D eigenvalue weighted by molar-refractivity contribution is 5.75. The molecule has 0 unspecified atom stereocenters. The molecule has 0 aliphatic heterocycles. The standard InChI is InChI=1S/C17H22FN3O/c1-13(2)10-19-17(22)4-3-9-21-12-15(11-20-21)14-5-7-16(18)8-6-14/h5-8,11-13H,3-4,9-10H2,1-2H3,(H,19,22). The predicted molar refractivity (Wildman–Crippen MR) is 84.7 cm³/mol. The number of rotatable bonds is 7. The van der Waals surface area contributed by atoms with E-state index in [1.807, 2.05) is 10.9 Å². The average Bonchev–Trinajstić information content (AvgIpc) is 2.95. The number of nitrogens with one attached hydrogen (secondary N) is 1. The zero-order valence-corrected chi connectivity index (χ0v) is 13.1. The van der Waals surface area contributed by atoms with Crippen LogP contribution in [0.5, 0.6) is 0 Å². The number of aryl methyl sites for hydroxylation is 1. The molecule has 0 spiro atoms. The SMILES string of the molecule is CC(C)CNC(=O)CCCn1cc(-c2ccc(F)cc2)cn1. The van der Waals surface area contributed by atoms with Crippen molar-refractivity contribution in [2.75, 3.05) is 6.54 Å². The van der Waals surface area contributed by atoms with Gasteiger partial charge in [0.1, 0.15) is 5.82 Å². The second kappa shape index (κ2) is 7.73. The molecular weight excluding hydrogens is 281 g/mol. The van der Waals surface area contributed by atoms with Gasteiger partial charge in [0.15, 0.2) is 0 Å². The van der Waals surface area contributed by atoms with E-state index in [-0.39, 0.29) is 11.7 Å². The Morgan fingerprint density at radius 2 is 2.00 bits per heavy atom. The second-order valence-electron chi connectivity index (χ2n) is 5.80. The minimum Gasteiger partial charge on any atom is -0.356 e. The van der Waals surface area contributed by atoms with Crippen molar-refractivity contribution < 1.29 is 9.18 Å². The summed E-state index contributed by atoms with van der Waals surface area (Å²) in [5, 5.41) is 7.18. The van der Waals surface area contributed by atoms with Crippen molar-refractivity contribution in [1.82, 2.24) is 15.1 Å². The van der Waals surface area contributed by atoms with Crippen LogP contribution in [-0.4, -0.2) is 22.2 Å². The minimum atomic E-state index is -0.247. The van der Waals surface area contributed by atoms with Gasteiger partial charge in [-0.05, 0) is 30.0 Å². The largest absolute Gasteiger partial charge is 0.356 e. The molecule has 0 saturated heterocycles. The third kappa shape index (κ3) is 4.98. The molecule has 0 aliphatic rings. The summed E-state index contributed by atoms with van der Waals surface area (Å²) in [5.74, 6) is 0.302. The molecule has 0 radical (unpaired) electrons. The van der Waals surface area contributed by atoms with Gasteiger partial charge in [-0.2, -0.15) is 5.10 Å². The highest BCUT2D eigenvalue weighted by Crippen LogP contribution is 2.18. The van der Waals surface area contributed by atoms with Crippen molar-refractivity contribution in [3.8, 4) is 11.1 Å². The van der Waals surface area contributed by atoms with E-state index in [1.165, 1.54) is 12.1 Å². The highest BCUT2D eigenvalue weighted by atomic mass is 19.1. The van der Waals surface area contributed by atoms with Gasteiger partial charge in [-0.25, -0.2) is 4.39 Å². The van der Waals surface area contributed by atoms with Crippen molar-refractivity contribution in [2.45, 2.75) is 33.2 Å². The molecule has 0 fully saturated rings. The van der Waals surface area contributed by atoms with E-state index >= 15 is 0 Å². The van der Waals surface area contributed by atoms with Crippen LogP contribution in [0.25, 0.3) is 11.1 Å². The molecule has 4 nitrogen and oxygen atoms in total. The van der Waals surface area contributed by atoms with Gasteiger partial charge in [0.25, 0.3) is 0 Å². The van der Waals surface area contributed by atoms with Crippen LogP contribution < -0.4 is 5.32 Å². The van der Waals surface area contributed by atoms with E-state index < -0.39 is 0 Å². The number of benzene rings is 1. The first-order valence-corrected chi connectivity index (χ1v) is 7.59. The summed E-state index contributed by atoms with van der Waals surface area (Å²) in [6, 6.07) is 6.34. The third-order valence-electron chi connectivity index (χ3n) is 3.31. The Labute approximate surface area is 130 Å². The number of carbonyl (C=O) groups is 1. The number of carbonyl (C=O) groups excluding carboxylic acids is 1. The number of hydrogen-bond acceptors (Lipinski definition) is 2. The molecule has 0 atom stereocenters. The zero-order valence-electron chi connectivity index (χ0n) is 13.1. The average molecular weight is 303 g/mol. The Hall–Kier alpha value is -2.17. The van der Waals surface area contributed by atoms with Crippen LogP contribution in [0, 0.1) is 11.7 Å². The maximum Gasteiger partial charge on any atom is 0.220 e. The van der Waals surface area contributed by atoms with Gasteiger partial charge in [0.05, 0.1) is 6.20 Å². The number of amides is 1. The van der Waals surface area contributed by atoms with Crippen molar-refractivity contribution in [3.63, 3.8) is 0 Å². The minimum absolute atomic E-state index is 0.0830. The van der Waals surface area contributed by atoms with Crippen LogP contribution >= 0.6 is 0 Å². The molecule has 1 heterocycles. The van der Waals surface area contributed by atoms with Crippen molar-refractivity contribution >= 4 is 5.91 Å². The Morgan fingerprint density at radius 3 is 2.68 bits per heavy atom. The first kappa shape index (κ1) is 16.2. The first-order chi connectivity index (χ1) is 10.5. The lowest BCUT2D eigenvalue weighted by Crippen LogP contribution is -2.27. The molecular formula is C17H22FN3O. The van der Waals surface area contributed by atoms with Gasteiger partial charge in [-0.1, -0.05) is 26.0 Å². The first-order valence-electron chi connectivity index (χ1n) is 7.59. The summed E-state index contributed by atoms with van der Waals surface area (Å²) in [6.07, 6.45) is 4.91. The third-order valence-corrected chi connectivity index (χ3v) is 3.31. The fourth-order valence-electron chi connectivity index (χ4n) is 2.09. The lowest BCUT2D eigenvalue weighted by molar-refractivity contribution is -0.121.